The summed E-state index contributed by atoms with van der Waals surface area (Å²) in [5.41, 5.74) is 1.09. The van der Waals surface area contributed by atoms with Gasteiger partial charge in [0.2, 0.25) is 0 Å². The average Bonchev–Trinajstić information content (AvgIpc) is 3.08. The van der Waals surface area contributed by atoms with Crippen molar-refractivity contribution in [2.75, 3.05) is 13.7 Å². The van der Waals surface area contributed by atoms with E-state index in [1.807, 2.05) is 38.1 Å². The Morgan fingerprint density at radius 2 is 1.81 bits per heavy atom. The molecule has 3 rings (SSSR count). The molecule has 2 heterocycles. The van der Waals surface area contributed by atoms with E-state index in [4.69, 9.17) is 23.7 Å². The molecule has 0 saturated carbocycles. The monoisotopic (exact) mass is 428 g/mol. The topological polar surface area (TPSA) is 63.2 Å². The molecule has 2 fully saturated rings. The number of hydrogen-bond acceptors (Lipinski definition) is 6. The third-order valence-corrected chi connectivity index (χ3v) is 5.10. The second kappa shape index (κ2) is 8.35. The first-order valence-electron chi connectivity index (χ1n) is 8.78. The van der Waals surface area contributed by atoms with Crippen molar-refractivity contribution >= 4 is 21.9 Å². The van der Waals surface area contributed by atoms with Gasteiger partial charge >= 0.3 is 5.97 Å². The Balaban J connectivity index is 1.56. The van der Waals surface area contributed by atoms with Crippen LogP contribution in [0.25, 0.3) is 0 Å². The minimum atomic E-state index is -0.660. The van der Waals surface area contributed by atoms with Crippen LogP contribution in [0, 0.1) is 0 Å². The lowest BCUT2D eigenvalue weighted by molar-refractivity contribution is -0.193. The molecule has 26 heavy (non-hydrogen) atoms. The molecular weight excluding hydrogens is 404 g/mol. The predicted octanol–water partition coefficient (Wildman–Crippen LogP) is 3.21. The third-order valence-electron chi connectivity index (χ3n) is 4.57. The fraction of sp³-hybridized carbons (Fsp3) is 0.632. The van der Waals surface area contributed by atoms with Crippen LogP contribution in [-0.2, 0) is 35.1 Å². The molecule has 4 atom stereocenters. The van der Waals surface area contributed by atoms with Crippen LogP contribution in [-0.4, -0.2) is 49.9 Å². The van der Waals surface area contributed by atoms with Crippen molar-refractivity contribution in [3.63, 3.8) is 0 Å². The number of hydrogen-bond donors (Lipinski definition) is 0. The van der Waals surface area contributed by atoms with Gasteiger partial charge < -0.3 is 23.7 Å². The highest BCUT2D eigenvalue weighted by molar-refractivity contribution is 9.10. The van der Waals surface area contributed by atoms with E-state index in [9.17, 15) is 4.79 Å². The molecule has 0 bridgehead atoms. The highest BCUT2D eigenvalue weighted by atomic mass is 79.9. The number of ether oxygens (including phenoxy) is 5. The summed E-state index contributed by atoms with van der Waals surface area (Å²) in [7, 11) is 1.39. The zero-order valence-electron chi connectivity index (χ0n) is 15.3. The molecular formula is C19H25BrO6. The molecule has 2 aliphatic rings. The van der Waals surface area contributed by atoms with E-state index in [1.165, 1.54) is 7.11 Å². The maximum absolute atomic E-state index is 11.4. The molecule has 0 aliphatic carbocycles. The molecule has 6 nitrogen and oxygen atoms in total. The van der Waals surface area contributed by atoms with Crippen molar-refractivity contribution in [1.82, 2.24) is 0 Å². The number of carbonyl (C=O) groups is 1. The molecule has 0 unspecified atom stereocenters. The van der Waals surface area contributed by atoms with Gasteiger partial charge in [0, 0.05) is 10.9 Å². The van der Waals surface area contributed by atoms with Crippen molar-refractivity contribution in [1.29, 1.82) is 0 Å². The van der Waals surface area contributed by atoms with Gasteiger partial charge in [-0.05, 0) is 38.0 Å². The van der Waals surface area contributed by atoms with E-state index in [1.54, 1.807) is 0 Å². The van der Waals surface area contributed by atoms with E-state index in [2.05, 4.69) is 15.9 Å². The number of carbonyl (C=O) groups excluding carboxylic acids is 1. The Bertz CT molecular complexity index is 617. The lowest BCUT2D eigenvalue weighted by Crippen LogP contribution is -2.32. The standard InChI is InChI=1S/C19H25BrO6/c1-19(2)25-17-14(8-9-16(21)22-3)24-15(18(17)26-19)11-23-10-12-4-6-13(20)7-5-12/h4-7,14-15,17-18H,8-11H2,1-3H3/t14-,15+,17-,18+/m0/s1. The number of rotatable bonds is 7. The number of halogens is 1. The zero-order chi connectivity index (χ0) is 18.7. The van der Waals surface area contributed by atoms with Crippen LogP contribution in [0.2, 0.25) is 0 Å². The molecule has 0 aromatic heterocycles. The molecule has 7 heteroatoms. The van der Waals surface area contributed by atoms with Gasteiger partial charge in [0.25, 0.3) is 0 Å². The van der Waals surface area contributed by atoms with Crippen molar-refractivity contribution in [3.8, 4) is 0 Å². The second-order valence-corrected chi connectivity index (χ2v) is 7.95. The van der Waals surface area contributed by atoms with Crippen molar-refractivity contribution in [2.24, 2.45) is 0 Å². The number of methoxy groups -OCH3 is 1. The Kier molecular flexibility index (Phi) is 6.35. The maximum Gasteiger partial charge on any atom is 0.305 e. The second-order valence-electron chi connectivity index (χ2n) is 7.03. The smallest absolute Gasteiger partial charge is 0.305 e. The van der Waals surface area contributed by atoms with E-state index >= 15 is 0 Å². The summed E-state index contributed by atoms with van der Waals surface area (Å²) in [5.74, 6) is -0.912. The quantitative estimate of drug-likeness (QED) is 0.621. The molecule has 144 valence electrons. The van der Waals surface area contributed by atoms with E-state index < -0.39 is 5.79 Å². The summed E-state index contributed by atoms with van der Waals surface area (Å²) in [6, 6.07) is 8.00. The number of fused-ring (bicyclic) bond motifs is 1. The van der Waals surface area contributed by atoms with Crippen LogP contribution in [0.1, 0.15) is 32.3 Å². The van der Waals surface area contributed by atoms with E-state index in [-0.39, 0.29) is 30.4 Å². The summed E-state index contributed by atoms with van der Waals surface area (Å²) in [6.45, 7) is 4.69. The Morgan fingerprint density at radius 1 is 1.15 bits per heavy atom. The average molecular weight is 429 g/mol. The minimum absolute atomic E-state index is 0.197. The van der Waals surface area contributed by atoms with E-state index in [0.717, 1.165) is 10.0 Å². The SMILES string of the molecule is COC(=O)CC[C@@H]1O[C@H](COCc2ccc(Br)cc2)[C@H]2OC(C)(C)O[C@H]21. The largest absolute Gasteiger partial charge is 0.469 e. The summed E-state index contributed by atoms with van der Waals surface area (Å²) in [4.78, 5) is 11.4. The summed E-state index contributed by atoms with van der Waals surface area (Å²) < 4.78 is 29.7. The van der Waals surface area contributed by atoms with Gasteiger partial charge in [0.15, 0.2) is 5.79 Å². The van der Waals surface area contributed by atoms with Gasteiger partial charge in [0.1, 0.15) is 18.3 Å². The van der Waals surface area contributed by atoms with Gasteiger partial charge in [-0.2, -0.15) is 0 Å². The molecule has 1 aromatic carbocycles. The van der Waals surface area contributed by atoms with Gasteiger partial charge in [-0.25, -0.2) is 0 Å². The molecule has 1 aromatic rings. The third kappa shape index (κ3) is 4.84. The van der Waals surface area contributed by atoms with Gasteiger partial charge in [-0.15, -0.1) is 0 Å². The lowest BCUT2D eigenvalue weighted by Gasteiger charge is -2.24. The fourth-order valence-electron chi connectivity index (χ4n) is 3.37. The summed E-state index contributed by atoms with van der Waals surface area (Å²) in [6.07, 6.45) is 0.00691. The normalized spacial score (nSPS) is 29.5. The lowest BCUT2D eigenvalue weighted by atomic mass is 10.0. The molecule has 0 N–H and O–H groups in total. The van der Waals surface area contributed by atoms with Crippen LogP contribution in [0.4, 0.5) is 0 Å². The Hall–Kier alpha value is -0.990. The first-order valence-corrected chi connectivity index (χ1v) is 9.57. The van der Waals surface area contributed by atoms with Crippen molar-refractivity contribution < 1.29 is 28.5 Å². The highest BCUT2D eigenvalue weighted by Gasteiger charge is 2.54. The van der Waals surface area contributed by atoms with Crippen molar-refractivity contribution in [2.45, 2.75) is 63.5 Å². The molecule has 0 amide bonds. The fourth-order valence-corrected chi connectivity index (χ4v) is 3.64. The molecule has 0 spiro atoms. The van der Waals surface area contributed by atoms with Gasteiger partial charge in [0.05, 0.1) is 26.4 Å². The van der Waals surface area contributed by atoms with Crippen LogP contribution in [0.3, 0.4) is 0 Å². The zero-order valence-corrected chi connectivity index (χ0v) is 16.9. The number of benzene rings is 1. The maximum atomic E-state index is 11.4. The number of esters is 1. The van der Waals surface area contributed by atoms with Crippen LogP contribution < -0.4 is 0 Å². The Morgan fingerprint density at radius 3 is 2.46 bits per heavy atom. The summed E-state index contributed by atoms with van der Waals surface area (Å²) in [5, 5.41) is 0. The van der Waals surface area contributed by atoms with Crippen molar-refractivity contribution in [3.05, 3.63) is 34.3 Å². The van der Waals surface area contributed by atoms with Crippen LogP contribution in [0.15, 0.2) is 28.7 Å². The van der Waals surface area contributed by atoms with Crippen LogP contribution >= 0.6 is 15.9 Å². The molecule has 2 saturated heterocycles. The predicted molar refractivity (Wildman–Crippen MR) is 97.5 cm³/mol. The highest BCUT2D eigenvalue weighted by Crippen LogP contribution is 2.40. The Labute approximate surface area is 162 Å². The minimum Gasteiger partial charge on any atom is -0.469 e. The van der Waals surface area contributed by atoms with Gasteiger partial charge in [-0.1, -0.05) is 28.1 Å². The van der Waals surface area contributed by atoms with E-state index in [0.29, 0.717) is 26.1 Å². The van der Waals surface area contributed by atoms with Gasteiger partial charge in [-0.3, -0.25) is 4.79 Å². The first-order chi connectivity index (χ1) is 12.4. The van der Waals surface area contributed by atoms with Crippen LogP contribution in [0.5, 0.6) is 0 Å². The summed E-state index contributed by atoms with van der Waals surface area (Å²) >= 11 is 3.42. The molecule has 2 aliphatic heterocycles. The molecule has 0 radical (unpaired) electrons. The first kappa shape index (κ1) is 19.8.